The minimum absolute atomic E-state index is 0.426. The molecule has 0 aliphatic carbocycles. The number of carbonyl (C=O) groups is 1. The number of rotatable bonds is 3. The Morgan fingerprint density at radius 2 is 1.48 bits per heavy atom. The molecule has 0 saturated heterocycles. The van der Waals surface area contributed by atoms with Gasteiger partial charge in [-0.2, -0.15) is 4.73 Å². The molecule has 4 aromatic carbocycles. The summed E-state index contributed by atoms with van der Waals surface area (Å²) in [5, 5.41) is 3.81. The van der Waals surface area contributed by atoms with E-state index in [0.717, 1.165) is 32.9 Å². The number of carbonyl (C=O) groups excluding carboxylic acids is 1. The lowest BCUT2D eigenvalue weighted by molar-refractivity contribution is 0.0490. The molecule has 0 fully saturated rings. The van der Waals surface area contributed by atoms with Gasteiger partial charge in [-0.25, -0.2) is 4.79 Å². The summed E-state index contributed by atoms with van der Waals surface area (Å²) >= 11 is 6.48. The Balaban J connectivity index is 1.76. The fourth-order valence-corrected chi connectivity index (χ4v) is 3.83. The number of nitrogens with zero attached hydrogens (tertiary/aromatic N) is 1. The molecule has 0 N–H and O–H groups in total. The Morgan fingerprint density at radius 1 is 0.759 bits per heavy atom. The van der Waals surface area contributed by atoms with Crippen molar-refractivity contribution in [2.75, 3.05) is 0 Å². The topological polar surface area (TPSA) is 31.2 Å². The molecule has 0 bridgehead atoms. The summed E-state index contributed by atoms with van der Waals surface area (Å²) in [4.78, 5) is 18.7. The van der Waals surface area contributed by atoms with E-state index in [1.165, 1.54) is 0 Å². The molecule has 0 spiro atoms. The lowest BCUT2D eigenvalue weighted by atomic mass is 10.1. The van der Waals surface area contributed by atoms with Gasteiger partial charge in [0.25, 0.3) is 0 Å². The second kappa shape index (κ2) is 7.12. The summed E-state index contributed by atoms with van der Waals surface area (Å²) in [5.74, 6) is -0.426. The van der Waals surface area contributed by atoms with Gasteiger partial charge in [0.15, 0.2) is 0 Å². The Morgan fingerprint density at radius 3 is 2.31 bits per heavy atom. The monoisotopic (exact) mass is 397 g/mol. The molecule has 0 saturated carbocycles. The van der Waals surface area contributed by atoms with Gasteiger partial charge in [-0.1, -0.05) is 78.3 Å². The zero-order chi connectivity index (χ0) is 19.8. The summed E-state index contributed by atoms with van der Waals surface area (Å²) in [6.45, 7) is 0. The van der Waals surface area contributed by atoms with E-state index >= 15 is 0 Å². The molecule has 140 valence electrons. The molecule has 0 unspecified atom stereocenters. The van der Waals surface area contributed by atoms with Crippen molar-refractivity contribution in [3.63, 3.8) is 0 Å². The first-order valence-electron chi connectivity index (χ1n) is 9.28. The average Bonchev–Trinajstić information content (AvgIpc) is 3.13. The first-order valence-corrected chi connectivity index (χ1v) is 9.66. The molecule has 0 radical (unpaired) electrons. The molecule has 5 aromatic rings. The Hall–Kier alpha value is -3.56. The van der Waals surface area contributed by atoms with Gasteiger partial charge in [0, 0.05) is 10.9 Å². The van der Waals surface area contributed by atoms with Crippen molar-refractivity contribution in [3.8, 4) is 11.3 Å². The van der Waals surface area contributed by atoms with Crippen LogP contribution in [0.3, 0.4) is 0 Å². The summed E-state index contributed by atoms with van der Waals surface area (Å²) in [6.07, 6.45) is 0. The number of fused-ring (bicyclic) bond motifs is 3. The zero-order valence-corrected chi connectivity index (χ0v) is 16.1. The maximum atomic E-state index is 12.8. The SMILES string of the molecule is O=C(On1c(-c2ccccc2Cl)cc2c3ccccc3ccc21)c1ccccc1. The van der Waals surface area contributed by atoms with E-state index in [-0.39, 0.29) is 0 Å². The molecule has 4 heteroatoms. The largest absolute Gasteiger partial charge is 0.363 e. The van der Waals surface area contributed by atoms with Gasteiger partial charge in [-0.15, -0.1) is 0 Å². The van der Waals surface area contributed by atoms with Crippen LogP contribution in [0.5, 0.6) is 0 Å². The number of halogens is 1. The van der Waals surface area contributed by atoms with Crippen molar-refractivity contribution in [3.05, 3.63) is 108 Å². The predicted molar refractivity (Wildman–Crippen MR) is 117 cm³/mol. The van der Waals surface area contributed by atoms with Gasteiger partial charge >= 0.3 is 5.97 Å². The maximum Gasteiger partial charge on any atom is 0.363 e. The van der Waals surface area contributed by atoms with E-state index in [2.05, 4.69) is 12.1 Å². The Bertz CT molecular complexity index is 1360. The van der Waals surface area contributed by atoms with Gasteiger partial charge in [-0.05, 0) is 41.1 Å². The standard InChI is InChI=1S/C25H16ClNO2/c26-22-13-7-6-12-20(22)24-16-21-19-11-5-4-8-17(19)14-15-23(21)27(24)29-25(28)18-9-2-1-3-10-18/h1-16H. The molecule has 0 amide bonds. The highest BCUT2D eigenvalue weighted by Gasteiger charge is 2.19. The van der Waals surface area contributed by atoms with Crippen molar-refractivity contribution in [2.24, 2.45) is 0 Å². The summed E-state index contributed by atoms with van der Waals surface area (Å²) < 4.78 is 1.58. The molecule has 3 nitrogen and oxygen atoms in total. The minimum atomic E-state index is -0.426. The van der Waals surface area contributed by atoms with Crippen LogP contribution >= 0.6 is 11.6 Å². The second-order valence-corrected chi connectivity index (χ2v) is 7.18. The fraction of sp³-hybridized carbons (Fsp3) is 0. The van der Waals surface area contributed by atoms with Crippen molar-refractivity contribution in [1.82, 2.24) is 4.73 Å². The van der Waals surface area contributed by atoms with Gasteiger partial charge in [-0.3, -0.25) is 0 Å². The van der Waals surface area contributed by atoms with Gasteiger partial charge in [0.05, 0.1) is 21.8 Å². The quantitative estimate of drug-likeness (QED) is 0.353. The van der Waals surface area contributed by atoms with Crippen LogP contribution in [0.15, 0.2) is 97.1 Å². The van der Waals surface area contributed by atoms with E-state index < -0.39 is 5.97 Å². The smallest absolute Gasteiger partial charge is 0.330 e. The van der Waals surface area contributed by atoms with Gasteiger partial charge < -0.3 is 4.84 Å². The Kier molecular flexibility index (Phi) is 4.30. The lowest BCUT2D eigenvalue weighted by Gasteiger charge is -2.12. The van der Waals surface area contributed by atoms with Crippen LogP contribution < -0.4 is 4.84 Å². The molecule has 0 aliphatic heterocycles. The van der Waals surface area contributed by atoms with Crippen LogP contribution in [0.25, 0.3) is 32.9 Å². The van der Waals surface area contributed by atoms with Crippen LogP contribution in [0.4, 0.5) is 0 Å². The van der Waals surface area contributed by atoms with Crippen LogP contribution in [0.2, 0.25) is 5.02 Å². The predicted octanol–water partition coefficient (Wildman–Crippen LogP) is 6.38. The minimum Gasteiger partial charge on any atom is -0.330 e. The summed E-state index contributed by atoms with van der Waals surface area (Å²) in [6, 6.07) is 30.7. The molecule has 0 atom stereocenters. The highest BCUT2D eigenvalue weighted by atomic mass is 35.5. The van der Waals surface area contributed by atoms with Crippen LogP contribution in [0, 0.1) is 0 Å². The molecule has 1 heterocycles. The Labute approximate surface area is 172 Å². The van der Waals surface area contributed by atoms with E-state index in [1.54, 1.807) is 16.9 Å². The first-order chi connectivity index (χ1) is 14.2. The van der Waals surface area contributed by atoms with Gasteiger partial charge in [0.2, 0.25) is 0 Å². The molecular weight excluding hydrogens is 382 g/mol. The normalized spacial score (nSPS) is 11.1. The third-order valence-electron chi connectivity index (χ3n) is 5.00. The van der Waals surface area contributed by atoms with E-state index in [9.17, 15) is 4.79 Å². The van der Waals surface area contributed by atoms with Crippen molar-refractivity contribution < 1.29 is 9.63 Å². The van der Waals surface area contributed by atoms with E-state index in [0.29, 0.717) is 10.6 Å². The molecular formula is C25H16ClNO2. The van der Waals surface area contributed by atoms with Crippen molar-refractivity contribution in [2.45, 2.75) is 0 Å². The third-order valence-corrected chi connectivity index (χ3v) is 5.33. The van der Waals surface area contributed by atoms with E-state index in [4.69, 9.17) is 16.4 Å². The van der Waals surface area contributed by atoms with E-state index in [1.807, 2.05) is 72.8 Å². The van der Waals surface area contributed by atoms with Crippen molar-refractivity contribution in [1.29, 1.82) is 0 Å². The molecule has 1 aromatic heterocycles. The molecule has 29 heavy (non-hydrogen) atoms. The molecule has 0 aliphatic rings. The third kappa shape index (κ3) is 3.06. The lowest BCUT2D eigenvalue weighted by Crippen LogP contribution is -2.20. The number of hydrogen-bond acceptors (Lipinski definition) is 2. The second-order valence-electron chi connectivity index (χ2n) is 6.77. The average molecular weight is 398 g/mol. The number of hydrogen-bond donors (Lipinski definition) is 0. The number of aromatic nitrogens is 1. The van der Waals surface area contributed by atoms with Gasteiger partial charge in [0.1, 0.15) is 0 Å². The van der Waals surface area contributed by atoms with Crippen LogP contribution in [0.1, 0.15) is 10.4 Å². The highest BCUT2D eigenvalue weighted by molar-refractivity contribution is 6.33. The summed E-state index contributed by atoms with van der Waals surface area (Å²) in [7, 11) is 0. The van der Waals surface area contributed by atoms with Crippen molar-refractivity contribution >= 4 is 39.2 Å². The molecule has 5 rings (SSSR count). The maximum absolute atomic E-state index is 12.8. The number of benzene rings is 4. The fourth-order valence-electron chi connectivity index (χ4n) is 3.60. The zero-order valence-electron chi connectivity index (χ0n) is 15.4. The highest BCUT2D eigenvalue weighted by Crippen LogP contribution is 2.35. The van der Waals surface area contributed by atoms with Crippen LogP contribution in [-0.2, 0) is 0 Å². The first kappa shape index (κ1) is 17.5. The van der Waals surface area contributed by atoms with Crippen LogP contribution in [-0.4, -0.2) is 10.7 Å². The summed E-state index contributed by atoms with van der Waals surface area (Å²) in [5.41, 5.74) is 2.82.